The minimum absolute atomic E-state index is 0.144. The van der Waals surface area contributed by atoms with Gasteiger partial charge in [-0.1, -0.05) is 12.8 Å². The first-order valence-corrected chi connectivity index (χ1v) is 7.46. The van der Waals surface area contributed by atoms with Crippen LogP contribution in [0.3, 0.4) is 0 Å². The van der Waals surface area contributed by atoms with Gasteiger partial charge in [-0.25, -0.2) is 4.57 Å². The number of nitrogen functional groups attached to an aromatic ring is 1. The summed E-state index contributed by atoms with van der Waals surface area (Å²) in [5, 5.41) is 11.9. The first-order valence-electron chi connectivity index (χ1n) is 7.01. The predicted molar refractivity (Wildman–Crippen MR) is 93.8 cm³/mol. The van der Waals surface area contributed by atoms with Crippen molar-refractivity contribution in [2.45, 2.75) is 19.4 Å². The number of carbonyl (C=O) groups excluding carboxylic acids is 2. The van der Waals surface area contributed by atoms with Gasteiger partial charge in [0.1, 0.15) is 11.4 Å². The van der Waals surface area contributed by atoms with Gasteiger partial charge in [0.15, 0.2) is 6.19 Å². The van der Waals surface area contributed by atoms with Crippen LogP contribution in [-0.4, -0.2) is 26.4 Å². The van der Waals surface area contributed by atoms with Gasteiger partial charge in [0.05, 0.1) is 16.9 Å². The Hall–Kier alpha value is -2.70. The molecule has 126 valence electrons. The number of anilines is 2. The number of nitriles is 1. The molecule has 0 atom stereocenters. The Morgan fingerprint density at radius 3 is 2.46 bits per heavy atom. The van der Waals surface area contributed by atoms with Gasteiger partial charge < -0.3 is 15.6 Å². The molecule has 0 bridgehead atoms. The quantitative estimate of drug-likeness (QED) is 0.482. The maximum absolute atomic E-state index is 12.5. The summed E-state index contributed by atoms with van der Waals surface area (Å²) in [4.78, 5) is 24.8. The van der Waals surface area contributed by atoms with E-state index >= 15 is 0 Å². The monoisotopic (exact) mass is 346 g/mol. The average molecular weight is 346 g/mol. The fourth-order valence-corrected chi connectivity index (χ4v) is 2.27. The van der Waals surface area contributed by atoms with Gasteiger partial charge >= 0.3 is 0 Å². The minimum atomic E-state index is -0.968. The lowest BCUT2D eigenvalue weighted by Crippen LogP contribution is -2.42. The number of ketones is 1. The van der Waals surface area contributed by atoms with Crippen molar-refractivity contribution in [3.63, 3.8) is 0 Å². The van der Waals surface area contributed by atoms with Crippen molar-refractivity contribution in [1.82, 2.24) is 13.9 Å². The number of nitrogens with zero attached hydrogens (tertiary/aromatic N) is 3. The summed E-state index contributed by atoms with van der Waals surface area (Å²) in [5.41, 5.74) is 6.00. The number of nitrogens with one attached hydrogen (secondary N) is 2. The van der Waals surface area contributed by atoms with E-state index < -0.39 is 11.4 Å². The normalized spacial score (nSPS) is 11.1. The van der Waals surface area contributed by atoms with E-state index in [-0.39, 0.29) is 11.5 Å². The summed E-state index contributed by atoms with van der Waals surface area (Å²) in [5.74, 6) is -0.725. The Kier molecular flexibility index (Phi) is 4.73. The van der Waals surface area contributed by atoms with Crippen molar-refractivity contribution in [2.24, 2.45) is 7.05 Å². The first kappa shape index (κ1) is 17.7. The molecule has 0 aliphatic rings. The van der Waals surface area contributed by atoms with Gasteiger partial charge in [0, 0.05) is 19.4 Å². The number of rotatable bonds is 5. The molecule has 8 nitrogen and oxygen atoms in total. The average Bonchev–Trinajstić information content (AvgIpc) is 3.08. The Bertz CT molecular complexity index is 843. The molecule has 0 aliphatic carbocycles. The number of hydrogen-bond acceptors (Lipinski definition) is 6. The van der Waals surface area contributed by atoms with Crippen LogP contribution in [0.2, 0.25) is 0 Å². The summed E-state index contributed by atoms with van der Waals surface area (Å²) < 4.78 is 5.29. The molecule has 0 saturated carbocycles. The van der Waals surface area contributed by atoms with Crippen LogP contribution in [0.1, 0.15) is 34.8 Å². The second-order valence-electron chi connectivity index (χ2n) is 5.87. The Labute approximate surface area is 144 Å². The van der Waals surface area contributed by atoms with Gasteiger partial charge in [-0.05, 0) is 26.0 Å². The van der Waals surface area contributed by atoms with Crippen LogP contribution in [0.25, 0.3) is 0 Å². The third-order valence-corrected chi connectivity index (χ3v) is 4.08. The number of aromatic nitrogens is 2. The van der Waals surface area contributed by atoms with Crippen LogP contribution in [0.4, 0.5) is 11.4 Å². The summed E-state index contributed by atoms with van der Waals surface area (Å²) in [6.45, 7) is 3.28. The number of amides is 1. The highest BCUT2D eigenvalue weighted by atomic mass is 32.1. The van der Waals surface area contributed by atoms with Crippen molar-refractivity contribution in [1.29, 1.82) is 5.26 Å². The highest BCUT2D eigenvalue weighted by Gasteiger charge is 2.30. The van der Waals surface area contributed by atoms with Crippen molar-refractivity contribution in [3.05, 3.63) is 35.9 Å². The maximum atomic E-state index is 12.5. The molecule has 9 heteroatoms. The highest BCUT2D eigenvalue weighted by molar-refractivity contribution is 7.78. The van der Waals surface area contributed by atoms with E-state index in [1.165, 1.54) is 18.3 Å². The van der Waals surface area contributed by atoms with Crippen LogP contribution in [0.15, 0.2) is 24.5 Å². The lowest BCUT2D eigenvalue weighted by molar-refractivity contribution is 0.0896. The first-order chi connectivity index (χ1) is 11.2. The highest BCUT2D eigenvalue weighted by Crippen LogP contribution is 2.20. The Morgan fingerprint density at radius 2 is 1.96 bits per heavy atom. The number of carbonyl (C=O) groups is 2. The fourth-order valence-electron chi connectivity index (χ4n) is 2.17. The SMILES string of the molecule is Cn1cc(N)cc1C(=O)Nc1cc(C(=O)C(C)(C)NS)n(C#N)c1. The smallest absolute Gasteiger partial charge is 0.272 e. The van der Waals surface area contributed by atoms with E-state index in [0.29, 0.717) is 17.1 Å². The summed E-state index contributed by atoms with van der Waals surface area (Å²) in [7, 11) is 1.70. The van der Waals surface area contributed by atoms with Crippen molar-refractivity contribution in [3.8, 4) is 6.19 Å². The van der Waals surface area contributed by atoms with Gasteiger partial charge in [0.25, 0.3) is 5.91 Å². The van der Waals surface area contributed by atoms with Gasteiger partial charge in [-0.3, -0.25) is 14.3 Å². The summed E-state index contributed by atoms with van der Waals surface area (Å²) in [6, 6.07) is 2.99. The minimum Gasteiger partial charge on any atom is -0.397 e. The number of hydrogen-bond donors (Lipinski definition) is 4. The molecular formula is C15H18N6O2S. The standard InChI is InChI=1S/C15H18N6O2S/c1-15(2,19-24)13(22)11-5-10(7-21(11)8-16)18-14(23)12-4-9(17)6-20(12)3/h4-7,19,24H,17H2,1-3H3,(H,18,23). The molecule has 0 radical (unpaired) electrons. The fraction of sp³-hybridized carbons (Fsp3) is 0.267. The molecule has 2 rings (SSSR count). The van der Waals surface area contributed by atoms with E-state index in [1.807, 2.05) is 6.19 Å². The zero-order valence-electron chi connectivity index (χ0n) is 13.5. The summed E-state index contributed by atoms with van der Waals surface area (Å²) >= 11 is 3.93. The largest absolute Gasteiger partial charge is 0.397 e. The van der Waals surface area contributed by atoms with Gasteiger partial charge in [-0.15, -0.1) is 0 Å². The molecular weight excluding hydrogens is 328 g/mol. The molecule has 4 N–H and O–H groups in total. The van der Waals surface area contributed by atoms with E-state index in [4.69, 9.17) is 5.73 Å². The molecule has 0 fully saturated rings. The van der Waals surface area contributed by atoms with Crippen LogP contribution >= 0.6 is 12.8 Å². The van der Waals surface area contributed by atoms with Crippen LogP contribution < -0.4 is 15.8 Å². The number of Topliss-reactive ketones (excluding diaryl/α,β-unsaturated/α-hetero) is 1. The molecule has 0 saturated heterocycles. The van der Waals surface area contributed by atoms with Crippen molar-refractivity contribution >= 4 is 35.9 Å². The molecule has 2 aromatic rings. The molecule has 24 heavy (non-hydrogen) atoms. The molecule has 1 amide bonds. The van der Waals surface area contributed by atoms with E-state index in [0.717, 1.165) is 4.57 Å². The third kappa shape index (κ3) is 3.29. The molecule has 2 aromatic heterocycles. The van der Waals surface area contributed by atoms with Crippen molar-refractivity contribution in [2.75, 3.05) is 11.1 Å². The van der Waals surface area contributed by atoms with Crippen molar-refractivity contribution < 1.29 is 9.59 Å². The molecule has 0 aliphatic heterocycles. The summed E-state index contributed by atoms with van der Waals surface area (Å²) in [6.07, 6.45) is 4.89. The molecule has 0 spiro atoms. The third-order valence-electron chi connectivity index (χ3n) is 3.52. The molecule has 0 unspecified atom stereocenters. The molecule has 2 heterocycles. The lowest BCUT2D eigenvalue weighted by atomic mass is 9.98. The van der Waals surface area contributed by atoms with E-state index in [1.54, 1.807) is 31.7 Å². The Balaban J connectivity index is 2.31. The molecule has 0 aromatic carbocycles. The predicted octanol–water partition coefficient (Wildman–Crippen LogP) is 1.39. The zero-order valence-corrected chi connectivity index (χ0v) is 14.4. The number of thiol groups is 1. The van der Waals surface area contributed by atoms with E-state index in [9.17, 15) is 14.9 Å². The van der Waals surface area contributed by atoms with E-state index in [2.05, 4.69) is 22.9 Å². The zero-order chi connectivity index (χ0) is 18.1. The van der Waals surface area contributed by atoms with Crippen LogP contribution in [-0.2, 0) is 7.05 Å². The second-order valence-corrected chi connectivity index (χ2v) is 6.10. The second kappa shape index (κ2) is 6.43. The van der Waals surface area contributed by atoms with Gasteiger partial charge in [0.2, 0.25) is 5.78 Å². The Morgan fingerprint density at radius 1 is 1.29 bits per heavy atom. The number of aryl methyl sites for hydroxylation is 1. The number of nitrogens with two attached hydrogens (primary N) is 1. The topological polar surface area (TPSA) is 118 Å². The maximum Gasteiger partial charge on any atom is 0.272 e. The van der Waals surface area contributed by atoms with Crippen LogP contribution in [0.5, 0.6) is 0 Å². The lowest BCUT2D eigenvalue weighted by Gasteiger charge is -2.20. The van der Waals surface area contributed by atoms with Crippen LogP contribution in [0, 0.1) is 11.5 Å². The van der Waals surface area contributed by atoms with Gasteiger partial charge in [-0.2, -0.15) is 5.26 Å².